The Morgan fingerprint density at radius 3 is 1.48 bits per heavy atom. The number of hydrogen-bond acceptors (Lipinski definition) is 4. The van der Waals surface area contributed by atoms with Gasteiger partial charge in [-0.2, -0.15) is 0 Å². The normalized spacial score (nSPS) is 56.2. The van der Waals surface area contributed by atoms with Gasteiger partial charge < -0.3 is 14.9 Å². The highest BCUT2D eigenvalue weighted by atomic mass is 16.5. The minimum Gasteiger partial charge on any atom is -0.481 e. The third-order valence-electron chi connectivity index (χ3n) is 27.0. The lowest BCUT2D eigenvalue weighted by molar-refractivity contribution is -0.225. The van der Waals surface area contributed by atoms with Gasteiger partial charge in [-0.15, -0.1) is 0 Å². The minimum atomic E-state index is -0.613. The van der Waals surface area contributed by atoms with Crippen molar-refractivity contribution in [2.24, 2.45) is 113 Å². The van der Waals surface area contributed by atoms with Crippen LogP contribution in [0, 0.1) is 113 Å². The molecule has 0 heterocycles. The second-order valence-electron chi connectivity index (χ2n) is 29.0. The van der Waals surface area contributed by atoms with Crippen LogP contribution in [-0.2, 0) is 14.3 Å². The second kappa shape index (κ2) is 14.5. The molecule has 8 fully saturated rings. The van der Waals surface area contributed by atoms with Gasteiger partial charge in [0.25, 0.3) is 0 Å². The van der Waals surface area contributed by atoms with Crippen LogP contribution in [-0.4, -0.2) is 34.4 Å². The Labute approximate surface area is 396 Å². The summed E-state index contributed by atoms with van der Waals surface area (Å²) in [5, 5.41) is 22.2. The van der Waals surface area contributed by atoms with Gasteiger partial charge in [-0.1, -0.05) is 120 Å². The van der Waals surface area contributed by atoms with Gasteiger partial charge in [0, 0.05) is 5.41 Å². The molecule has 0 aromatic rings. The molecule has 0 aromatic carbocycles. The maximum atomic E-state index is 15.7. The fraction of sp³-hybridized carbons (Fsp3) is 0.900. The van der Waals surface area contributed by atoms with Crippen LogP contribution >= 0.6 is 0 Å². The zero-order valence-corrected chi connectivity index (χ0v) is 43.9. The van der Waals surface area contributed by atoms with Crippen molar-refractivity contribution >= 4 is 11.9 Å². The Morgan fingerprint density at radius 1 is 0.523 bits per heavy atom. The predicted octanol–water partition coefficient (Wildman–Crippen LogP) is 14.7. The van der Waals surface area contributed by atoms with Crippen LogP contribution in [0.3, 0.4) is 0 Å². The zero-order valence-electron chi connectivity index (χ0n) is 43.9. The first kappa shape index (κ1) is 47.1. The highest BCUT2D eigenvalue weighted by Crippen LogP contribution is 2.78. The van der Waals surface area contributed by atoms with Crippen LogP contribution < -0.4 is 0 Å². The smallest absolute Gasteiger partial charge is 0.312 e. The van der Waals surface area contributed by atoms with Crippen molar-refractivity contribution in [3.8, 4) is 0 Å². The number of fused-ring (bicyclic) bond motifs is 14. The van der Waals surface area contributed by atoms with Crippen LogP contribution in [0.15, 0.2) is 23.3 Å². The van der Waals surface area contributed by atoms with E-state index in [9.17, 15) is 15.0 Å². The molecule has 0 amide bonds. The van der Waals surface area contributed by atoms with E-state index in [2.05, 4.69) is 109 Å². The number of ether oxygens (including phenoxy) is 1. The summed E-state index contributed by atoms with van der Waals surface area (Å²) in [6, 6.07) is 0. The average Bonchev–Trinajstić information content (AvgIpc) is 3.23. The SMILES string of the molecule is C[C@H]1[C@H](C)CC[C@]2(C(=O)O)CC[C@]3(C)C(=CC[C@@H]4[C@@]5(C)CC[C@H](OC(=O)[C@]67CC[C@@H](C)[C@H](C)[C@H]6C6=CCC8[C@@]9(C)CC[C@@H](O)C(C)(C)C9CC[C@@]8(C)[C@]6(C)CC7)C(C)(C)C5CC[C@]43C)[C@H]12. The lowest BCUT2D eigenvalue weighted by atomic mass is 9.33. The van der Waals surface area contributed by atoms with Gasteiger partial charge in [-0.25, -0.2) is 0 Å². The summed E-state index contributed by atoms with van der Waals surface area (Å²) < 4.78 is 7.27. The van der Waals surface area contributed by atoms with E-state index in [-0.39, 0.29) is 73.3 Å². The average molecular weight is 895 g/mol. The largest absolute Gasteiger partial charge is 0.481 e. The number of carboxylic acid groups (broad SMARTS) is 1. The number of carbonyl (C=O) groups excluding carboxylic acids is 1. The van der Waals surface area contributed by atoms with Gasteiger partial charge >= 0.3 is 11.9 Å². The molecule has 10 aliphatic carbocycles. The van der Waals surface area contributed by atoms with Crippen LogP contribution in [0.5, 0.6) is 0 Å². The Kier molecular flexibility index (Phi) is 10.5. The van der Waals surface area contributed by atoms with E-state index in [0.717, 1.165) is 96.3 Å². The molecule has 5 heteroatoms. The van der Waals surface area contributed by atoms with Crippen molar-refractivity contribution in [1.29, 1.82) is 0 Å². The second-order valence-corrected chi connectivity index (χ2v) is 29.0. The number of carbonyl (C=O) groups is 2. The molecule has 364 valence electrons. The molecule has 0 radical (unpaired) electrons. The van der Waals surface area contributed by atoms with E-state index < -0.39 is 16.8 Å². The summed E-state index contributed by atoms with van der Waals surface area (Å²) in [4.78, 5) is 29.0. The third kappa shape index (κ3) is 5.66. The standard InChI is InChI=1S/C60H94O5/c1-35-19-29-59(49(62)63)33-31-55(11)39(47(59)37(35)3)15-17-44-54(10)26-24-46(52(7,8)42(54)22-28-58(44,55)14)65-50(64)60-30-20-36(2)38(4)48(60)40-16-18-43-53(9)25-23-45(61)51(5,6)41(53)21-27-57(43,13)56(40,12)32-34-60/h15-16,35-38,41-48,61H,17-34H2,1-14H3,(H,62,63)/t35-,36-,37+,38+,41?,42?,43?,44-,45-,46+,47+,48+,53+,54+,55-,56-,57-,58-,59+,60+/m1/s1. The zero-order chi connectivity index (χ0) is 47.1. The summed E-state index contributed by atoms with van der Waals surface area (Å²) in [6.07, 6.45) is 23.7. The van der Waals surface area contributed by atoms with Crippen LogP contribution in [0.4, 0.5) is 0 Å². The Morgan fingerprint density at radius 2 is 0.969 bits per heavy atom. The molecule has 8 saturated carbocycles. The Balaban J connectivity index is 0.932. The maximum absolute atomic E-state index is 15.7. The predicted molar refractivity (Wildman–Crippen MR) is 261 cm³/mol. The van der Waals surface area contributed by atoms with Gasteiger partial charge in [0.15, 0.2) is 0 Å². The number of allylic oxidation sites excluding steroid dienone is 4. The van der Waals surface area contributed by atoms with Crippen LogP contribution in [0.2, 0.25) is 0 Å². The molecule has 0 spiro atoms. The molecule has 0 saturated heterocycles. The summed E-state index contributed by atoms with van der Waals surface area (Å²) in [6.45, 7) is 35.1. The molecule has 0 aromatic heterocycles. The molecular weight excluding hydrogens is 801 g/mol. The number of carboxylic acids is 1. The van der Waals surface area contributed by atoms with E-state index in [4.69, 9.17) is 4.74 Å². The van der Waals surface area contributed by atoms with Crippen molar-refractivity contribution in [1.82, 2.24) is 0 Å². The van der Waals surface area contributed by atoms with E-state index in [1.807, 2.05) is 0 Å². The summed E-state index contributed by atoms with van der Waals surface area (Å²) in [5.74, 6) is 3.99. The van der Waals surface area contributed by atoms with Crippen molar-refractivity contribution in [3.63, 3.8) is 0 Å². The molecule has 20 atom stereocenters. The number of aliphatic hydroxyl groups is 1. The third-order valence-corrected chi connectivity index (χ3v) is 27.0. The summed E-state index contributed by atoms with van der Waals surface area (Å²) in [5.41, 5.74) is 2.52. The van der Waals surface area contributed by atoms with E-state index in [0.29, 0.717) is 47.3 Å². The first-order chi connectivity index (χ1) is 30.2. The maximum Gasteiger partial charge on any atom is 0.312 e. The molecule has 5 nitrogen and oxygen atoms in total. The number of aliphatic hydroxyl groups excluding tert-OH is 1. The molecule has 65 heavy (non-hydrogen) atoms. The van der Waals surface area contributed by atoms with E-state index in [1.54, 1.807) is 5.57 Å². The lowest BCUT2D eigenvalue weighted by Crippen LogP contribution is -2.66. The highest BCUT2D eigenvalue weighted by molar-refractivity contribution is 5.79. The van der Waals surface area contributed by atoms with Crippen molar-refractivity contribution < 1.29 is 24.5 Å². The van der Waals surface area contributed by atoms with Crippen molar-refractivity contribution in [2.45, 2.75) is 225 Å². The molecule has 0 bridgehead atoms. The summed E-state index contributed by atoms with van der Waals surface area (Å²) >= 11 is 0. The minimum absolute atomic E-state index is 0.00216. The van der Waals surface area contributed by atoms with Gasteiger partial charge in [0.1, 0.15) is 6.10 Å². The van der Waals surface area contributed by atoms with E-state index >= 15 is 4.79 Å². The van der Waals surface area contributed by atoms with Crippen LogP contribution in [0.1, 0.15) is 213 Å². The van der Waals surface area contributed by atoms with E-state index in [1.165, 1.54) is 24.8 Å². The first-order valence-corrected chi connectivity index (χ1v) is 27.7. The van der Waals surface area contributed by atoms with Gasteiger partial charge in [-0.05, 0) is 213 Å². The van der Waals surface area contributed by atoms with Gasteiger partial charge in [0.2, 0.25) is 0 Å². The molecular formula is C60H94O5. The number of esters is 1. The summed E-state index contributed by atoms with van der Waals surface area (Å²) in [7, 11) is 0. The van der Waals surface area contributed by atoms with Gasteiger partial charge in [0.05, 0.1) is 16.9 Å². The lowest BCUT2D eigenvalue weighted by Gasteiger charge is -2.71. The molecule has 10 aliphatic rings. The topological polar surface area (TPSA) is 83.8 Å². The van der Waals surface area contributed by atoms with Crippen molar-refractivity contribution in [3.05, 3.63) is 23.3 Å². The number of rotatable bonds is 3. The fourth-order valence-electron chi connectivity index (χ4n) is 22.1. The first-order valence-electron chi connectivity index (χ1n) is 27.7. The highest BCUT2D eigenvalue weighted by Gasteiger charge is 2.72. The number of hydrogen-bond donors (Lipinski definition) is 2. The molecule has 10 rings (SSSR count). The van der Waals surface area contributed by atoms with Crippen molar-refractivity contribution in [2.75, 3.05) is 0 Å². The molecule has 0 aliphatic heterocycles. The Bertz CT molecular complexity index is 2050. The fourth-order valence-corrected chi connectivity index (χ4v) is 22.1. The molecule has 2 N–H and O–H groups in total. The monoisotopic (exact) mass is 895 g/mol. The number of aliphatic carboxylic acids is 1. The molecule has 3 unspecified atom stereocenters. The Hall–Kier alpha value is -1.62. The van der Waals surface area contributed by atoms with Gasteiger partial charge in [-0.3, -0.25) is 9.59 Å². The quantitative estimate of drug-likeness (QED) is 0.218. The van der Waals surface area contributed by atoms with Crippen LogP contribution in [0.25, 0.3) is 0 Å².